The van der Waals surface area contributed by atoms with Crippen molar-refractivity contribution in [1.29, 1.82) is 0 Å². The molecule has 2 N–H and O–H groups in total. The van der Waals surface area contributed by atoms with E-state index >= 15 is 0 Å². The van der Waals surface area contributed by atoms with Crippen LogP contribution in [0, 0.1) is 0 Å². The Morgan fingerprint density at radius 3 is 2.09 bits per heavy atom. The van der Waals surface area contributed by atoms with E-state index in [4.69, 9.17) is 9.84 Å². The van der Waals surface area contributed by atoms with Gasteiger partial charge in [0.05, 0.1) is 6.61 Å². The van der Waals surface area contributed by atoms with Crippen LogP contribution >= 0.6 is 11.3 Å². The van der Waals surface area contributed by atoms with E-state index in [1.165, 1.54) is 19.1 Å². The minimum absolute atomic E-state index is 0.0284. The summed E-state index contributed by atoms with van der Waals surface area (Å²) in [7, 11) is 0. The fraction of sp³-hybridized carbons (Fsp3) is 0.304. The van der Waals surface area contributed by atoms with Crippen molar-refractivity contribution in [2.24, 2.45) is 0 Å². The van der Waals surface area contributed by atoms with Gasteiger partial charge in [-0.3, -0.25) is 0 Å². The van der Waals surface area contributed by atoms with E-state index in [0.29, 0.717) is 16.9 Å². The molecule has 10 heteroatoms. The van der Waals surface area contributed by atoms with Gasteiger partial charge in [0, 0.05) is 16.0 Å². The summed E-state index contributed by atoms with van der Waals surface area (Å²) in [5, 5.41) is 20.8. The predicted molar refractivity (Wildman–Crippen MR) is 112 cm³/mol. The topological polar surface area (TPSA) is 49.7 Å². The fourth-order valence-electron chi connectivity index (χ4n) is 3.42. The first-order chi connectivity index (χ1) is 15.4. The van der Waals surface area contributed by atoms with Crippen molar-refractivity contribution in [3.05, 3.63) is 76.2 Å². The maximum atomic E-state index is 13.7. The van der Waals surface area contributed by atoms with Gasteiger partial charge in [-0.1, -0.05) is 37.3 Å². The zero-order valence-corrected chi connectivity index (χ0v) is 18.1. The van der Waals surface area contributed by atoms with E-state index in [0.717, 1.165) is 23.5 Å². The maximum Gasteiger partial charge on any atom is 0.430 e. The van der Waals surface area contributed by atoms with Gasteiger partial charge in [-0.25, -0.2) is 0 Å². The lowest BCUT2D eigenvalue weighted by Gasteiger charge is -2.35. The number of hydrogen-bond acceptors (Lipinski definition) is 4. The number of alkyl halides is 6. The third kappa shape index (κ3) is 4.87. The molecule has 0 spiro atoms. The smallest absolute Gasteiger partial charge is 0.430 e. The van der Waals surface area contributed by atoms with Gasteiger partial charge in [0.15, 0.2) is 0 Å². The van der Waals surface area contributed by atoms with Crippen LogP contribution in [0.25, 0.3) is 10.4 Å². The lowest BCUT2D eigenvalue weighted by atomic mass is 9.83. The van der Waals surface area contributed by atoms with Crippen molar-refractivity contribution in [3.63, 3.8) is 0 Å². The number of aliphatic hydroxyl groups is 2. The van der Waals surface area contributed by atoms with Crippen molar-refractivity contribution in [2.75, 3.05) is 0 Å². The van der Waals surface area contributed by atoms with Gasteiger partial charge < -0.3 is 14.9 Å². The van der Waals surface area contributed by atoms with Crippen LogP contribution in [0.15, 0.2) is 53.9 Å². The van der Waals surface area contributed by atoms with E-state index in [2.05, 4.69) is 0 Å². The van der Waals surface area contributed by atoms with E-state index in [-0.39, 0.29) is 35.6 Å². The molecule has 0 amide bonds. The molecule has 0 atom stereocenters. The molecule has 0 radical (unpaired) electrons. The second-order valence-electron chi connectivity index (χ2n) is 7.31. The van der Waals surface area contributed by atoms with E-state index in [1.54, 1.807) is 29.6 Å². The number of thiophene rings is 1. The van der Waals surface area contributed by atoms with Crippen LogP contribution < -0.4 is 4.74 Å². The third-order valence-electron chi connectivity index (χ3n) is 5.14. The van der Waals surface area contributed by atoms with Gasteiger partial charge in [0.1, 0.15) is 12.4 Å². The average Bonchev–Trinajstić information content (AvgIpc) is 3.24. The lowest BCUT2D eigenvalue weighted by Crippen LogP contribution is -2.54. The highest BCUT2D eigenvalue weighted by Gasteiger charge is 2.72. The quantitative estimate of drug-likeness (QED) is 0.379. The summed E-state index contributed by atoms with van der Waals surface area (Å²) in [6.07, 6.45) is -12.1. The number of rotatable bonds is 7. The summed E-state index contributed by atoms with van der Waals surface area (Å²) in [6.45, 7) is 1.32. The molecule has 3 rings (SSSR count). The van der Waals surface area contributed by atoms with Gasteiger partial charge in [0.25, 0.3) is 5.60 Å². The maximum absolute atomic E-state index is 13.7. The molecule has 0 aliphatic heterocycles. The van der Waals surface area contributed by atoms with Crippen molar-refractivity contribution < 1.29 is 41.3 Å². The van der Waals surface area contributed by atoms with Gasteiger partial charge in [-0.2, -0.15) is 26.3 Å². The van der Waals surface area contributed by atoms with Crippen molar-refractivity contribution >= 4 is 11.3 Å². The van der Waals surface area contributed by atoms with Crippen LogP contribution in [0.5, 0.6) is 5.75 Å². The first-order valence-corrected chi connectivity index (χ1v) is 10.7. The summed E-state index contributed by atoms with van der Waals surface area (Å²) in [5.41, 5.74) is -5.59. The molecule has 0 aliphatic rings. The number of ether oxygens (including phenoxy) is 1. The summed E-state index contributed by atoms with van der Waals surface area (Å²) in [6, 6.07) is 11.7. The molecule has 1 heterocycles. The summed E-state index contributed by atoms with van der Waals surface area (Å²) < 4.78 is 87.6. The van der Waals surface area contributed by atoms with E-state index < -0.39 is 23.5 Å². The Kier molecular flexibility index (Phi) is 7.11. The molecule has 0 saturated heterocycles. The number of aliphatic hydroxyl groups excluding tert-OH is 1. The Balaban J connectivity index is 2.00. The van der Waals surface area contributed by atoms with Crippen LogP contribution in [-0.4, -0.2) is 22.6 Å². The molecule has 3 aromatic rings. The predicted octanol–water partition coefficient (Wildman–Crippen LogP) is 6.36. The number of aryl methyl sites for hydroxylation is 1. The minimum Gasteiger partial charge on any atom is -0.489 e. The van der Waals surface area contributed by atoms with Crippen molar-refractivity contribution in [3.8, 4) is 16.2 Å². The highest BCUT2D eigenvalue weighted by atomic mass is 32.1. The first kappa shape index (κ1) is 25.1. The van der Waals surface area contributed by atoms with Gasteiger partial charge >= 0.3 is 12.4 Å². The summed E-state index contributed by atoms with van der Waals surface area (Å²) >= 11 is 0.956. The number of benzene rings is 2. The second kappa shape index (κ2) is 9.36. The highest BCUT2D eigenvalue weighted by molar-refractivity contribution is 7.13. The molecule has 0 bridgehead atoms. The lowest BCUT2D eigenvalue weighted by molar-refractivity contribution is -0.376. The zero-order chi connectivity index (χ0) is 24.4. The van der Waals surface area contributed by atoms with Gasteiger partial charge in [-0.15, -0.1) is 11.3 Å². The van der Waals surface area contributed by atoms with Gasteiger partial charge in [-0.05, 0) is 46.7 Å². The largest absolute Gasteiger partial charge is 0.489 e. The van der Waals surface area contributed by atoms with Crippen LogP contribution in [0.1, 0.15) is 29.2 Å². The summed E-state index contributed by atoms with van der Waals surface area (Å²) in [4.78, 5) is 0.140. The van der Waals surface area contributed by atoms with Crippen molar-refractivity contribution in [2.45, 2.75) is 44.5 Å². The van der Waals surface area contributed by atoms with E-state index in [1.807, 2.05) is 0 Å². The SMILES string of the molecule is CCc1cccc(-c2cc(COc3ccc(CO)cc3)cs2)c1C(O)(C(F)(F)F)C(F)(F)F. The van der Waals surface area contributed by atoms with Crippen LogP contribution in [0.2, 0.25) is 0 Å². The first-order valence-electron chi connectivity index (χ1n) is 9.81. The molecule has 0 saturated carbocycles. The molecule has 0 unspecified atom stereocenters. The van der Waals surface area contributed by atoms with Crippen molar-refractivity contribution in [1.82, 2.24) is 0 Å². The normalized spacial score (nSPS) is 12.8. The monoisotopic (exact) mass is 490 g/mol. The van der Waals surface area contributed by atoms with Crippen LogP contribution in [0.4, 0.5) is 26.3 Å². The standard InChI is InChI=1S/C23H20F6O3S/c1-2-16-4-3-5-18(20(16)21(31,22(24,25)26)23(27,28)29)19-10-15(13-33-19)12-32-17-8-6-14(11-30)7-9-17/h3-10,13,30-31H,2,11-12H2,1H3. The van der Waals surface area contributed by atoms with E-state index in [9.17, 15) is 31.4 Å². The second-order valence-corrected chi connectivity index (χ2v) is 8.22. The number of halogens is 6. The Hall–Kier alpha value is -2.56. The molecule has 2 aromatic carbocycles. The molecule has 1 aromatic heterocycles. The molecular formula is C23H20F6O3S. The Labute approximate surface area is 189 Å². The zero-order valence-electron chi connectivity index (χ0n) is 17.3. The molecule has 0 aliphatic carbocycles. The highest BCUT2D eigenvalue weighted by Crippen LogP contribution is 2.53. The van der Waals surface area contributed by atoms with Gasteiger partial charge in [0.2, 0.25) is 0 Å². The average molecular weight is 490 g/mol. The minimum atomic E-state index is -5.98. The molecule has 3 nitrogen and oxygen atoms in total. The Morgan fingerprint density at radius 2 is 1.55 bits per heavy atom. The molecule has 178 valence electrons. The third-order valence-corrected chi connectivity index (χ3v) is 6.16. The number of hydrogen-bond donors (Lipinski definition) is 2. The molecule has 0 fully saturated rings. The molecule has 33 heavy (non-hydrogen) atoms. The van der Waals surface area contributed by atoms with Crippen LogP contribution in [-0.2, 0) is 25.2 Å². The molecular weight excluding hydrogens is 470 g/mol. The van der Waals surface area contributed by atoms with Crippen LogP contribution in [0.3, 0.4) is 0 Å². The summed E-state index contributed by atoms with van der Waals surface area (Å²) in [5.74, 6) is 0.483. The fourth-order valence-corrected chi connectivity index (χ4v) is 4.35. The Morgan fingerprint density at radius 1 is 0.909 bits per heavy atom. The Bertz CT molecular complexity index is 1070.